The number of phenolic OH excluding ortho intramolecular Hbond substituents is 1. The van der Waals surface area contributed by atoms with Crippen molar-refractivity contribution in [2.45, 2.75) is 12.1 Å². The van der Waals surface area contributed by atoms with E-state index in [0.29, 0.717) is 10.7 Å². The molecule has 0 unspecified atom stereocenters. The Bertz CT molecular complexity index is 1240. The van der Waals surface area contributed by atoms with Gasteiger partial charge in [0.1, 0.15) is 11.4 Å². The van der Waals surface area contributed by atoms with E-state index in [9.17, 15) is 9.90 Å². The molecule has 32 heavy (non-hydrogen) atoms. The number of nitrogens with one attached hydrogen (secondary N) is 2. The lowest BCUT2D eigenvalue weighted by Crippen LogP contribution is -2.34. The van der Waals surface area contributed by atoms with E-state index in [1.807, 2.05) is 66.1 Å². The third-order valence-corrected chi connectivity index (χ3v) is 5.56. The van der Waals surface area contributed by atoms with Gasteiger partial charge in [-0.2, -0.15) is 9.67 Å². The van der Waals surface area contributed by atoms with E-state index in [2.05, 4.69) is 20.7 Å². The van der Waals surface area contributed by atoms with Gasteiger partial charge in [0.15, 0.2) is 0 Å². The Hall–Kier alpha value is -3.91. The normalized spacial score (nSPS) is 11.0. The SMILES string of the molecule is Cc1ccc(-[n+]2c(SCC(=O)N/N=C/c3cccc(O)c3)n[nH]c2-c2ccccc2)cc1. The molecule has 1 heterocycles. The van der Waals surface area contributed by atoms with Crippen LogP contribution in [0.25, 0.3) is 17.1 Å². The summed E-state index contributed by atoms with van der Waals surface area (Å²) in [6, 6.07) is 24.7. The molecule has 3 N–H and O–H groups in total. The van der Waals surface area contributed by atoms with E-state index < -0.39 is 0 Å². The molecule has 0 radical (unpaired) electrons. The number of H-pyrrole nitrogens is 1. The number of carbonyl (C=O) groups excluding carboxylic acids is 1. The molecule has 0 aliphatic heterocycles. The van der Waals surface area contributed by atoms with Crippen LogP contribution in [0, 0.1) is 6.92 Å². The minimum Gasteiger partial charge on any atom is -0.508 e. The number of thioether (sulfide) groups is 1. The van der Waals surface area contributed by atoms with Crippen molar-refractivity contribution >= 4 is 23.9 Å². The van der Waals surface area contributed by atoms with Crippen LogP contribution in [0.3, 0.4) is 0 Å². The number of hydrogen-bond acceptors (Lipinski definition) is 5. The quantitative estimate of drug-likeness (QED) is 0.176. The molecular weight excluding hydrogens is 422 g/mol. The van der Waals surface area contributed by atoms with Gasteiger partial charge >= 0.3 is 5.16 Å². The molecule has 3 aromatic carbocycles. The molecule has 160 valence electrons. The highest BCUT2D eigenvalue weighted by Gasteiger charge is 2.24. The first-order chi connectivity index (χ1) is 15.6. The topological polar surface area (TPSA) is 94.2 Å². The van der Waals surface area contributed by atoms with Crippen molar-refractivity contribution in [2.24, 2.45) is 5.10 Å². The number of aromatic hydroxyl groups is 1. The highest BCUT2D eigenvalue weighted by Crippen LogP contribution is 2.20. The number of rotatable bonds is 7. The van der Waals surface area contributed by atoms with Gasteiger partial charge in [0.05, 0.1) is 22.6 Å². The molecule has 0 atom stereocenters. The summed E-state index contributed by atoms with van der Waals surface area (Å²) in [5.74, 6) is 0.858. The Kier molecular flexibility index (Phi) is 6.62. The second-order valence-electron chi connectivity index (χ2n) is 7.07. The van der Waals surface area contributed by atoms with Gasteiger partial charge in [0.2, 0.25) is 0 Å². The van der Waals surface area contributed by atoms with Crippen LogP contribution in [0.5, 0.6) is 5.75 Å². The summed E-state index contributed by atoms with van der Waals surface area (Å²) in [6.07, 6.45) is 1.48. The molecule has 0 aliphatic carbocycles. The number of benzene rings is 3. The van der Waals surface area contributed by atoms with Crippen LogP contribution in [0.2, 0.25) is 0 Å². The molecule has 7 nitrogen and oxygen atoms in total. The van der Waals surface area contributed by atoms with Gasteiger partial charge in [-0.1, -0.05) is 48.0 Å². The summed E-state index contributed by atoms with van der Waals surface area (Å²) in [5, 5.41) is 21.7. The Morgan fingerprint density at radius 1 is 1.12 bits per heavy atom. The number of hydrazone groups is 1. The lowest BCUT2D eigenvalue weighted by molar-refractivity contribution is -0.625. The zero-order valence-electron chi connectivity index (χ0n) is 17.4. The zero-order chi connectivity index (χ0) is 22.3. The van der Waals surface area contributed by atoms with Crippen LogP contribution in [0.1, 0.15) is 11.1 Å². The fraction of sp³-hybridized carbons (Fsp3) is 0.0833. The van der Waals surface area contributed by atoms with Gasteiger partial charge < -0.3 is 5.11 Å². The summed E-state index contributed by atoms with van der Waals surface area (Å²) >= 11 is 1.31. The maximum absolute atomic E-state index is 12.3. The predicted molar refractivity (Wildman–Crippen MR) is 125 cm³/mol. The Morgan fingerprint density at radius 3 is 2.66 bits per heavy atom. The molecule has 4 rings (SSSR count). The van der Waals surface area contributed by atoms with Crippen LogP contribution in [0.15, 0.2) is 89.1 Å². The Balaban J connectivity index is 1.50. The predicted octanol–water partition coefficient (Wildman–Crippen LogP) is 3.61. The summed E-state index contributed by atoms with van der Waals surface area (Å²) in [6.45, 7) is 2.04. The molecule has 0 bridgehead atoms. The zero-order valence-corrected chi connectivity index (χ0v) is 18.2. The van der Waals surface area contributed by atoms with E-state index in [0.717, 1.165) is 22.6 Å². The minimum atomic E-state index is -0.258. The highest BCUT2D eigenvalue weighted by atomic mass is 32.2. The second kappa shape index (κ2) is 9.93. The Labute approximate surface area is 189 Å². The minimum absolute atomic E-state index is 0.141. The Morgan fingerprint density at radius 2 is 1.91 bits per heavy atom. The molecule has 0 saturated heterocycles. The van der Waals surface area contributed by atoms with Crippen molar-refractivity contribution in [3.8, 4) is 22.8 Å². The van der Waals surface area contributed by atoms with E-state index in [1.54, 1.807) is 24.3 Å². The first-order valence-electron chi connectivity index (χ1n) is 9.97. The van der Waals surface area contributed by atoms with Crippen molar-refractivity contribution in [3.05, 3.63) is 90.0 Å². The maximum atomic E-state index is 12.3. The average Bonchev–Trinajstić information content (AvgIpc) is 3.23. The molecule has 0 saturated carbocycles. The lowest BCUT2D eigenvalue weighted by atomic mass is 10.2. The number of phenols is 1. The van der Waals surface area contributed by atoms with E-state index in [1.165, 1.54) is 18.0 Å². The van der Waals surface area contributed by atoms with Gasteiger partial charge in [-0.15, -0.1) is 5.10 Å². The largest absolute Gasteiger partial charge is 0.508 e. The summed E-state index contributed by atoms with van der Waals surface area (Å²) in [4.78, 5) is 12.3. The number of aryl methyl sites for hydroxylation is 1. The summed E-state index contributed by atoms with van der Waals surface area (Å²) < 4.78 is 2.00. The van der Waals surface area contributed by atoms with Crippen molar-refractivity contribution in [1.82, 2.24) is 15.6 Å². The lowest BCUT2D eigenvalue weighted by Gasteiger charge is -2.05. The second-order valence-corrected chi connectivity index (χ2v) is 8.01. The number of aromatic nitrogens is 3. The van der Waals surface area contributed by atoms with Crippen molar-refractivity contribution in [3.63, 3.8) is 0 Å². The summed E-state index contributed by atoms with van der Waals surface area (Å²) in [7, 11) is 0. The van der Waals surface area contributed by atoms with Crippen LogP contribution >= 0.6 is 11.8 Å². The first-order valence-corrected chi connectivity index (χ1v) is 11.0. The fourth-order valence-corrected chi connectivity index (χ4v) is 3.82. The van der Waals surface area contributed by atoms with Crippen molar-refractivity contribution < 1.29 is 14.5 Å². The van der Waals surface area contributed by atoms with Gasteiger partial charge in [-0.25, -0.2) is 5.43 Å². The van der Waals surface area contributed by atoms with Crippen LogP contribution in [-0.2, 0) is 4.79 Å². The van der Waals surface area contributed by atoms with Crippen molar-refractivity contribution in [2.75, 3.05) is 5.75 Å². The van der Waals surface area contributed by atoms with Gasteiger partial charge in [-0.3, -0.25) is 4.79 Å². The molecule has 4 aromatic rings. The van der Waals surface area contributed by atoms with Crippen LogP contribution < -0.4 is 9.99 Å². The summed E-state index contributed by atoms with van der Waals surface area (Å²) in [5.41, 5.74) is 6.31. The number of carbonyl (C=O) groups is 1. The number of aromatic amines is 1. The van der Waals surface area contributed by atoms with E-state index in [4.69, 9.17) is 0 Å². The van der Waals surface area contributed by atoms with Gasteiger partial charge in [0.25, 0.3) is 11.7 Å². The highest BCUT2D eigenvalue weighted by molar-refractivity contribution is 7.99. The molecular formula is C24H22N5O2S+. The smallest absolute Gasteiger partial charge is 0.342 e. The fourth-order valence-electron chi connectivity index (χ4n) is 3.06. The van der Waals surface area contributed by atoms with Crippen LogP contribution in [-0.4, -0.2) is 33.2 Å². The molecule has 0 fully saturated rings. The molecule has 8 heteroatoms. The standard InChI is InChI=1S/C24H21N5O2S/c1-17-10-12-20(13-11-17)29-23(19-7-3-2-4-8-19)27-28-24(29)32-16-22(31)26-25-15-18-6-5-9-21(30)14-18/h2-15H,16H2,1H3,(H2,26,30,31)/p+1/b25-15+. The van der Waals surface area contributed by atoms with Crippen LogP contribution in [0.4, 0.5) is 0 Å². The number of amides is 1. The third kappa shape index (κ3) is 5.22. The monoisotopic (exact) mass is 444 g/mol. The van der Waals surface area contributed by atoms with Crippen molar-refractivity contribution in [1.29, 1.82) is 0 Å². The average molecular weight is 445 g/mol. The van der Waals surface area contributed by atoms with E-state index >= 15 is 0 Å². The van der Waals surface area contributed by atoms with Gasteiger partial charge in [-0.05, 0) is 60.6 Å². The number of nitrogens with zero attached hydrogens (tertiary/aromatic N) is 3. The molecule has 1 aromatic heterocycles. The van der Waals surface area contributed by atoms with E-state index in [-0.39, 0.29) is 17.4 Å². The molecule has 0 aliphatic rings. The molecule has 1 amide bonds. The third-order valence-electron chi connectivity index (χ3n) is 4.62. The maximum Gasteiger partial charge on any atom is 0.342 e. The molecule has 0 spiro atoms. The number of hydrogen-bond donors (Lipinski definition) is 3. The first kappa shape index (κ1) is 21.3. The van der Waals surface area contributed by atoms with Gasteiger partial charge in [0, 0.05) is 0 Å².